The van der Waals surface area contributed by atoms with Gasteiger partial charge in [0, 0.05) is 42.0 Å². The molecule has 2 N–H and O–H groups in total. The van der Waals surface area contributed by atoms with Crippen LogP contribution >= 0.6 is 11.8 Å². The molecule has 26 heavy (non-hydrogen) atoms. The zero-order valence-electron chi connectivity index (χ0n) is 14.5. The average molecular weight is 375 g/mol. The summed E-state index contributed by atoms with van der Waals surface area (Å²) in [5, 5.41) is 0.170. The molecule has 0 aromatic heterocycles. The van der Waals surface area contributed by atoms with Crippen LogP contribution < -0.4 is 5.73 Å². The number of fused-ring (bicyclic) bond motifs is 1. The topological polar surface area (TPSA) is 58.7 Å². The maximum atomic E-state index is 14.6. The Morgan fingerprint density at radius 2 is 2.31 bits per heavy atom. The van der Waals surface area contributed by atoms with Gasteiger partial charge in [-0.3, -0.25) is 4.79 Å². The minimum atomic E-state index is -1.43. The van der Waals surface area contributed by atoms with E-state index in [0.717, 1.165) is 0 Å². The van der Waals surface area contributed by atoms with Crippen molar-refractivity contribution in [2.75, 3.05) is 20.8 Å². The van der Waals surface area contributed by atoms with Crippen LogP contribution in [0.4, 0.5) is 8.78 Å². The first-order valence-electron chi connectivity index (χ1n) is 8.05. The second-order valence-corrected chi connectivity index (χ2v) is 8.11. The summed E-state index contributed by atoms with van der Waals surface area (Å²) in [6.07, 6.45) is 9.13. The van der Waals surface area contributed by atoms with Gasteiger partial charge < -0.3 is 10.6 Å². The number of nitrogens with zero attached hydrogens (tertiary/aromatic N) is 2. The number of likely N-dealkylation sites (N-methyl/N-ethyl adjacent to an activating group) is 1. The minimum Gasteiger partial charge on any atom is -0.378 e. The number of amides is 1. The molecule has 136 valence electrons. The van der Waals surface area contributed by atoms with E-state index in [4.69, 9.17) is 12.2 Å². The predicted molar refractivity (Wildman–Crippen MR) is 99.9 cm³/mol. The summed E-state index contributed by atoms with van der Waals surface area (Å²) in [5.74, 6) is 1.37. The number of nitrogens with two attached hydrogens (primary N) is 1. The first-order valence-corrected chi connectivity index (χ1v) is 8.87. The number of aliphatic imine (C=N–C) groups is 1. The Kier molecular flexibility index (Phi) is 4.57. The van der Waals surface area contributed by atoms with E-state index >= 15 is 0 Å². The third kappa shape index (κ3) is 2.88. The van der Waals surface area contributed by atoms with Gasteiger partial charge in [0.05, 0.1) is 0 Å². The lowest BCUT2D eigenvalue weighted by atomic mass is 9.84. The number of terminal acetylenes is 1. The lowest BCUT2D eigenvalue weighted by molar-refractivity contribution is -0.123. The van der Waals surface area contributed by atoms with E-state index < -0.39 is 22.8 Å². The molecule has 2 aliphatic rings. The molecule has 4 nitrogen and oxygen atoms in total. The Hall–Kier alpha value is -2.33. The highest BCUT2D eigenvalue weighted by molar-refractivity contribution is 8.15. The molecular weight excluding hydrogens is 356 g/mol. The van der Waals surface area contributed by atoms with Gasteiger partial charge in [0.25, 0.3) is 0 Å². The van der Waals surface area contributed by atoms with E-state index in [1.807, 2.05) is 0 Å². The fraction of sp³-hybridized carbons (Fsp3) is 0.368. The normalized spacial score (nSPS) is 29.7. The van der Waals surface area contributed by atoms with Gasteiger partial charge in [0.15, 0.2) is 5.17 Å². The molecule has 1 heterocycles. The molecule has 3 rings (SSSR count). The molecule has 1 amide bonds. The van der Waals surface area contributed by atoms with E-state index in [2.05, 4.69) is 10.9 Å². The Balaban J connectivity index is 2.06. The lowest BCUT2D eigenvalue weighted by Gasteiger charge is -2.34. The van der Waals surface area contributed by atoms with Gasteiger partial charge in [-0.1, -0.05) is 23.8 Å². The van der Waals surface area contributed by atoms with E-state index in [1.54, 1.807) is 20.2 Å². The summed E-state index contributed by atoms with van der Waals surface area (Å²) < 4.78 is 28.3. The van der Waals surface area contributed by atoms with Crippen LogP contribution in [0.25, 0.3) is 0 Å². The fourth-order valence-corrected chi connectivity index (χ4v) is 4.73. The summed E-state index contributed by atoms with van der Waals surface area (Å²) in [4.78, 5) is 17.6. The lowest BCUT2D eigenvalue weighted by Crippen LogP contribution is -2.39. The van der Waals surface area contributed by atoms with Gasteiger partial charge in [0.1, 0.15) is 18.0 Å². The third-order valence-electron chi connectivity index (χ3n) is 4.89. The van der Waals surface area contributed by atoms with Gasteiger partial charge >= 0.3 is 0 Å². The van der Waals surface area contributed by atoms with Gasteiger partial charge in [-0.05, 0) is 24.6 Å². The van der Waals surface area contributed by atoms with Crippen molar-refractivity contribution >= 4 is 22.8 Å². The molecule has 1 aromatic rings. The molecule has 0 saturated heterocycles. The highest BCUT2D eigenvalue weighted by Crippen LogP contribution is 2.66. The number of rotatable bonds is 4. The maximum absolute atomic E-state index is 14.6. The number of alkyl halides is 1. The van der Waals surface area contributed by atoms with Crippen molar-refractivity contribution in [2.24, 2.45) is 16.6 Å². The highest BCUT2D eigenvalue weighted by atomic mass is 32.2. The smallest absolute Gasteiger partial charge is 0.245 e. The molecule has 7 heteroatoms. The summed E-state index contributed by atoms with van der Waals surface area (Å²) in [7, 11) is 3.29. The van der Waals surface area contributed by atoms with E-state index in [-0.39, 0.29) is 22.6 Å². The van der Waals surface area contributed by atoms with Crippen molar-refractivity contribution in [1.82, 2.24) is 4.90 Å². The van der Waals surface area contributed by atoms with Gasteiger partial charge in [-0.2, -0.15) is 0 Å². The Labute approximate surface area is 155 Å². The molecule has 1 aliphatic heterocycles. The fourth-order valence-electron chi connectivity index (χ4n) is 3.41. The molecule has 1 aliphatic carbocycles. The van der Waals surface area contributed by atoms with Crippen molar-refractivity contribution in [3.8, 4) is 12.3 Å². The number of amidine groups is 1. The number of carbonyl (C=O) groups is 1. The van der Waals surface area contributed by atoms with E-state index in [0.29, 0.717) is 12.0 Å². The molecule has 0 radical (unpaired) electrons. The Bertz CT molecular complexity index is 861. The van der Waals surface area contributed by atoms with E-state index in [9.17, 15) is 13.6 Å². The first kappa shape index (κ1) is 18.5. The summed E-state index contributed by atoms with van der Waals surface area (Å²) in [5.41, 5.74) is 5.09. The Morgan fingerprint density at radius 1 is 1.58 bits per heavy atom. The largest absolute Gasteiger partial charge is 0.378 e. The molecular formula is C19H19F2N3OS. The number of hydrogen-bond acceptors (Lipinski definition) is 4. The van der Waals surface area contributed by atoms with Crippen molar-refractivity contribution in [2.45, 2.75) is 16.7 Å². The van der Waals surface area contributed by atoms with Crippen molar-refractivity contribution < 1.29 is 13.6 Å². The van der Waals surface area contributed by atoms with Gasteiger partial charge in [-0.15, -0.1) is 6.42 Å². The average Bonchev–Trinajstić information content (AvgIpc) is 3.34. The monoisotopic (exact) mass is 375 g/mol. The van der Waals surface area contributed by atoms with Crippen LogP contribution in [0.15, 0.2) is 35.3 Å². The Morgan fingerprint density at radius 3 is 2.92 bits per heavy atom. The number of thioether (sulfide) groups is 1. The SMILES string of the molecule is C#Cc1ccc(F)c([C@@]2(CF)N=C(N)S[C@@]3(/C=C/C(=O)N(C)C)C[C@H]32)c1. The van der Waals surface area contributed by atoms with Crippen LogP contribution in [-0.4, -0.2) is 41.5 Å². The van der Waals surface area contributed by atoms with Crippen LogP contribution in [0.1, 0.15) is 17.5 Å². The highest BCUT2D eigenvalue weighted by Gasteiger charge is 2.67. The number of halogens is 2. The van der Waals surface area contributed by atoms with Crippen LogP contribution in [-0.2, 0) is 10.3 Å². The van der Waals surface area contributed by atoms with Crippen LogP contribution in [0.3, 0.4) is 0 Å². The standard InChI is InChI=1S/C19H19F2N3OS/c1-4-12-5-6-14(21)13(9-12)19(11-20)15-10-18(15,26-17(22)23-19)8-7-16(25)24(2)3/h1,5-9,15H,10-11H2,2-3H3,(H2,22,23)/b8-7+/t15-,18+,19-/m1/s1. The van der Waals surface area contributed by atoms with Crippen molar-refractivity contribution in [3.05, 3.63) is 47.3 Å². The predicted octanol–water partition coefficient (Wildman–Crippen LogP) is 2.44. The second kappa shape index (κ2) is 6.44. The van der Waals surface area contributed by atoms with Crippen LogP contribution in [0.2, 0.25) is 0 Å². The summed E-state index contributed by atoms with van der Waals surface area (Å²) in [6.45, 7) is -0.902. The number of carbonyl (C=O) groups excluding carboxylic acids is 1. The third-order valence-corrected chi connectivity index (χ3v) is 6.15. The molecule has 0 spiro atoms. The molecule has 1 saturated carbocycles. The zero-order chi connectivity index (χ0) is 19.1. The number of benzene rings is 1. The summed E-state index contributed by atoms with van der Waals surface area (Å²) >= 11 is 1.29. The molecule has 0 bridgehead atoms. The zero-order valence-corrected chi connectivity index (χ0v) is 15.3. The molecule has 0 unspecified atom stereocenters. The molecule has 1 fully saturated rings. The number of hydrogen-bond donors (Lipinski definition) is 1. The molecule has 1 aromatic carbocycles. The molecule has 3 atom stereocenters. The van der Waals surface area contributed by atoms with E-state index in [1.165, 1.54) is 40.9 Å². The minimum absolute atomic E-state index is 0.109. The van der Waals surface area contributed by atoms with Gasteiger partial charge in [-0.25, -0.2) is 13.8 Å². The quantitative estimate of drug-likeness (QED) is 0.650. The van der Waals surface area contributed by atoms with Crippen molar-refractivity contribution in [1.29, 1.82) is 0 Å². The second-order valence-electron chi connectivity index (χ2n) is 6.73. The summed E-state index contributed by atoms with van der Waals surface area (Å²) in [6, 6.07) is 4.15. The van der Waals surface area contributed by atoms with Crippen LogP contribution in [0, 0.1) is 24.1 Å². The van der Waals surface area contributed by atoms with Crippen LogP contribution in [0.5, 0.6) is 0 Å². The van der Waals surface area contributed by atoms with Gasteiger partial charge in [0.2, 0.25) is 5.91 Å². The first-order chi connectivity index (χ1) is 12.3. The van der Waals surface area contributed by atoms with Crippen molar-refractivity contribution in [3.63, 3.8) is 0 Å². The maximum Gasteiger partial charge on any atom is 0.245 e.